The molecule has 0 aliphatic heterocycles. The molecule has 0 spiro atoms. The topological polar surface area (TPSA) is 54.9 Å². The number of rotatable bonds is 12. The van der Waals surface area contributed by atoms with Gasteiger partial charge in [0, 0.05) is 20.2 Å². The summed E-state index contributed by atoms with van der Waals surface area (Å²) >= 11 is 0. The molecule has 27 heavy (non-hydrogen) atoms. The van der Waals surface area contributed by atoms with E-state index in [0.717, 1.165) is 50.7 Å². The molecule has 2 rings (SSSR count). The van der Waals surface area contributed by atoms with Gasteiger partial charge in [-0.2, -0.15) is 0 Å². The highest BCUT2D eigenvalue weighted by Gasteiger charge is 1.98. The third-order valence-electron chi connectivity index (χ3n) is 4.02. The molecule has 0 atom stereocenters. The van der Waals surface area contributed by atoms with Crippen LogP contribution in [-0.4, -0.2) is 45.9 Å². The summed E-state index contributed by atoms with van der Waals surface area (Å²) < 4.78 is 11.4. The standard InChI is InChI=1S/C22H31N3O2/c1-23-22(25-16-19-27-21-12-6-3-7-13-21)24-15-8-9-17-26-18-14-20-10-4-2-5-11-20/h2-7,10-13H,8-9,14-19H2,1H3,(H2,23,24,25). The van der Waals surface area contributed by atoms with Gasteiger partial charge in [-0.3, -0.25) is 4.99 Å². The molecule has 2 N–H and O–H groups in total. The second-order valence-electron chi connectivity index (χ2n) is 6.14. The van der Waals surface area contributed by atoms with Crippen LogP contribution in [0.2, 0.25) is 0 Å². The Morgan fingerprint density at radius 3 is 2.26 bits per heavy atom. The van der Waals surface area contributed by atoms with Gasteiger partial charge in [-0.25, -0.2) is 0 Å². The molecule has 0 aliphatic rings. The van der Waals surface area contributed by atoms with Crippen molar-refractivity contribution in [2.45, 2.75) is 19.3 Å². The van der Waals surface area contributed by atoms with Gasteiger partial charge in [0.25, 0.3) is 0 Å². The van der Waals surface area contributed by atoms with Crippen molar-refractivity contribution >= 4 is 5.96 Å². The van der Waals surface area contributed by atoms with Crippen LogP contribution in [0.3, 0.4) is 0 Å². The predicted octanol–water partition coefficient (Wildman–Crippen LogP) is 3.27. The average Bonchev–Trinajstić information content (AvgIpc) is 2.73. The van der Waals surface area contributed by atoms with Crippen LogP contribution in [-0.2, 0) is 11.2 Å². The summed E-state index contributed by atoms with van der Waals surface area (Å²) in [4.78, 5) is 4.22. The zero-order chi connectivity index (χ0) is 19.0. The molecule has 5 nitrogen and oxygen atoms in total. The maximum atomic E-state index is 5.70. The Labute approximate surface area is 162 Å². The maximum absolute atomic E-state index is 5.70. The average molecular weight is 370 g/mol. The molecule has 0 aliphatic carbocycles. The van der Waals surface area contributed by atoms with Crippen LogP contribution >= 0.6 is 0 Å². The van der Waals surface area contributed by atoms with Crippen LogP contribution in [0.15, 0.2) is 65.7 Å². The zero-order valence-corrected chi connectivity index (χ0v) is 16.2. The number of nitrogens with zero attached hydrogens (tertiary/aromatic N) is 1. The van der Waals surface area contributed by atoms with Gasteiger partial charge in [-0.1, -0.05) is 48.5 Å². The van der Waals surface area contributed by atoms with Crippen molar-refractivity contribution in [2.24, 2.45) is 4.99 Å². The van der Waals surface area contributed by atoms with Gasteiger partial charge in [0.1, 0.15) is 12.4 Å². The van der Waals surface area contributed by atoms with Crippen molar-refractivity contribution in [2.75, 3.05) is 40.0 Å². The Morgan fingerprint density at radius 2 is 1.52 bits per heavy atom. The quantitative estimate of drug-likeness (QED) is 0.342. The Hall–Kier alpha value is -2.53. The molecule has 0 saturated carbocycles. The van der Waals surface area contributed by atoms with Crippen LogP contribution in [0.1, 0.15) is 18.4 Å². The van der Waals surface area contributed by atoms with Crippen molar-refractivity contribution in [1.82, 2.24) is 10.6 Å². The van der Waals surface area contributed by atoms with Gasteiger partial charge < -0.3 is 20.1 Å². The third-order valence-corrected chi connectivity index (χ3v) is 4.02. The maximum Gasteiger partial charge on any atom is 0.191 e. The van der Waals surface area contributed by atoms with Crippen LogP contribution in [0.4, 0.5) is 0 Å². The van der Waals surface area contributed by atoms with E-state index in [1.807, 2.05) is 36.4 Å². The molecule has 2 aromatic carbocycles. The fourth-order valence-corrected chi connectivity index (χ4v) is 2.55. The van der Waals surface area contributed by atoms with Crippen molar-refractivity contribution < 1.29 is 9.47 Å². The van der Waals surface area contributed by atoms with Crippen LogP contribution < -0.4 is 15.4 Å². The van der Waals surface area contributed by atoms with Gasteiger partial charge in [-0.05, 0) is 37.0 Å². The highest BCUT2D eigenvalue weighted by atomic mass is 16.5. The smallest absolute Gasteiger partial charge is 0.191 e. The fraction of sp³-hybridized carbons (Fsp3) is 0.409. The number of benzene rings is 2. The number of guanidine groups is 1. The minimum Gasteiger partial charge on any atom is -0.492 e. The summed E-state index contributed by atoms with van der Waals surface area (Å²) in [5.74, 6) is 1.69. The first kappa shape index (κ1) is 20.8. The molecule has 0 unspecified atom stereocenters. The minimum absolute atomic E-state index is 0.597. The van der Waals surface area contributed by atoms with E-state index in [0.29, 0.717) is 13.2 Å². The van der Waals surface area contributed by atoms with E-state index in [2.05, 4.69) is 39.9 Å². The largest absolute Gasteiger partial charge is 0.492 e. The number of ether oxygens (including phenoxy) is 2. The summed E-state index contributed by atoms with van der Waals surface area (Å²) in [5, 5.41) is 6.56. The first-order valence-corrected chi connectivity index (χ1v) is 9.62. The number of nitrogens with one attached hydrogen (secondary N) is 2. The molecule has 0 fully saturated rings. The molecular formula is C22H31N3O2. The normalized spacial score (nSPS) is 11.2. The summed E-state index contributed by atoms with van der Waals surface area (Å²) in [5.41, 5.74) is 1.32. The van der Waals surface area contributed by atoms with Crippen molar-refractivity contribution in [1.29, 1.82) is 0 Å². The number of hydrogen-bond donors (Lipinski definition) is 2. The summed E-state index contributed by atoms with van der Waals surface area (Å²) in [6.45, 7) is 3.76. The van der Waals surface area contributed by atoms with E-state index in [-0.39, 0.29) is 0 Å². The number of hydrogen-bond acceptors (Lipinski definition) is 3. The minimum atomic E-state index is 0.597. The summed E-state index contributed by atoms with van der Waals surface area (Å²) in [6.07, 6.45) is 3.06. The van der Waals surface area contributed by atoms with Crippen LogP contribution in [0.25, 0.3) is 0 Å². The van der Waals surface area contributed by atoms with Crippen LogP contribution in [0.5, 0.6) is 5.75 Å². The fourth-order valence-electron chi connectivity index (χ4n) is 2.55. The lowest BCUT2D eigenvalue weighted by atomic mass is 10.2. The first-order valence-electron chi connectivity index (χ1n) is 9.62. The van der Waals surface area contributed by atoms with E-state index in [4.69, 9.17) is 9.47 Å². The molecule has 5 heteroatoms. The Morgan fingerprint density at radius 1 is 0.815 bits per heavy atom. The lowest BCUT2D eigenvalue weighted by Gasteiger charge is -2.12. The van der Waals surface area contributed by atoms with E-state index in [9.17, 15) is 0 Å². The van der Waals surface area contributed by atoms with Gasteiger partial charge in [0.2, 0.25) is 0 Å². The molecule has 2 aromatic rings. The first-order chi connectivity index (χ1) is 13.4. The van der Waals surface area contributed by atoms with Crippen LogP contribution in [0, 0.1) is 0 Å². The van der Waals surface area contributed by atoms with E-state index in [1.54, 1.807) is 7.05 Å². The Balaban J connectivity index is 1.43. The Kier molecular flexibility index (Phi) is 10.5. The number of aliphatic imine (C=N–C) groups is 1. The van der Waals surface area contributed by atoms with E-state index < -0.39 is 0 Å². The van der Waals surface area contributed by atoms with E-state index in [1.165, 1.54) is 5.56 Å². The van der Waals surface area contributed by atoms with Gasteiger partial charge >= 0.3 is 0 Å². The second kappa shape index (κ2) is 13.6. The summed E-state index contributed by atoms with van der Waals surface area (Å²) in [6, 6.07) is 20.3. The van der Waals surface area contributed by atoms with Crippen molar-refractivity contribution in [3.63, 3.8) is 0 Å². The monoisotopic (exact) mass is 369 g/mol. The SMILES string of the molecule is CN=C(NCCCCOCCc1ccccc1)NCCOc1ccccc1. The highest BCUT2D eigenvalue weighted by molar-refractivity contribution is 5.79. The second-order valence-corrected chi connectivity index (χ2v) is 6.14. The molecule has 0 heterocycles. The van der Waals surface area contributed by atoms with Gasteiger partial charge in [0.05, 0.1) is 13.2 Å². The Bertz CT molecular complexity index is 633. The van der Waals surface area contributed by atoms with Crippen molar-refractivity contribution in [3.8, 4) is 5.75 Å². The predicted molar refractivity (Wildman–Crippen MR) is 112 cm³/mol. The molecule has 0 saturated heterocycles. The van der Waals surface area contributed by atoms with E-state index >= 15 is 0 Å². The zero-order valence-electron chi connectivity index (χ0n) is 16.2. The van der Waals surface area contributed by atoms with Gasteiger partial charge in [0.15, 0.2) is 5.96 Å². The van der Waals surface area contributed by atoms with Crippen molar-refractivity contribution in [3.05, 3.63) is 66.2 Å². The molecule has 0 amide bonds. The molecule has 0 radical (unpaired) electrons. The number of para-hydroxylation sites is 1. The lowest BCUT2D eigenvalue weighted by Crippen LogP contribution is -2.39. The molecular weight excluding hydrogens is 338 g/mol. The van der Waals surface area contributed by atoms with Gasteiger partial charge in [-0.15, -0.1) is 0 Å². The summed E-state index contributed by atoms with van der Waals surface area (Å²) in [7, 11) is 1.78. The molecule has 0 bridgehead atoms. The molecule has 146 valence electrons. The highest BCUT2D eigenvalue weighted by Crippen LogP contribution is 2.07. The third kappa shape index (κ3) is 9.66. The molecule has 0 aromatic heterocycles. The number of unbranched alkanes of at least 4 members (excludes halogenated alkanes) is 1. The lowest BCUT2D eigenvalue weighted by molar-refractivity contribution is 0.133.